The third kappa shape index (κ3) is 4.33. The van der Waals surface area contributed by atoms with Crippen LogP contribution >= 0.6 is 47.1 Å². The van der Waals surface area contributed by atoms with E-state index in [-0.39, 0.29) is 33.9 Å². The van der Waals surface area contributed by atoms with E-state index in [0.29, 0.717) is 32.8 Å². The van der Waals surface area contributed by atoms with Crippen molar-refractivity contribution in [2.45, 2.75) is 22.2 Å². The number of carbonyl (C=O) groups excluding carboxylic acids is 2. The molecule has 3 aliphatic rings. The third-order valence-corrected chi connectivity index (χ3v) is 8.67. The molecule has 15 heteroatoms. The zero-order valence-corrected chi connectivity index (χ0v) is 18.9. The lowest BCUT2D eigenvalue weighted by Gasteiger charge is -2.49. The standard InChI is InChI=1S/C16H15N7O4S4/c17-2-5-1-7(5)10(28)19-8-11(24)23-9(13(25)26)6(3-29-12(8)23)4-30-16-22-21-15(31-16)20-14(18)27/h5,7-8,12H,1,3-4H2,(H,19,28)(H,25,26)(H3,18,20,21,27)/t5-,7-,8?,12-/m0/s1. The van der Waals surface area contributed by atoms with E-state index in [1.165, 1.54) is 28.4 Å². The van der Waals surface area contributed by atoms with Crippen LogP contribution in [-0.4, -0.2) is 66.0 Å². The molecule has 5 N–H and O–H groups in total. The van der Waals surface area contributed by atoms with Gasteiger partial charge in [-0.2, -0.15) is 5.26 Å². The number of anilines is 1. The molecule has 4 atom stereocenters. The molecule has 0 bridgehead atoms. The smallest absolute Gasteiger partial charge is 0.352 e. The summed E-state index contributed by atoms with van der Waals surface area (Å²) < 4.78 is 0.532. The first-order valence-electron chi connectivity index (χ1n) is 8.93. The molecule has 31 heavy (non-hydrogen) atoms. The predicted molar refractivity (Wildman–Crippen MR) is 118 cm³/mol. The van der Waals surface area contributed by atoms with Gasteiger partial charge in [0, 0.05) is 17.4 Å². The molecule has 1 unspecified atom stereocenters. The number of nitrogens with zero attached hydrogens (tertiary/aromatic N) is 4. The molecule has 2 fully saturated rings. The number of rotatable bonds is 7. The SMILES string of the molecule is N#C[C@@H]1C[C@@H]1C(=S)NC1C(=O)N2C(C(=O)O)=C(CSc3nnc(NC(N)=O)s3)CS[C@@H]12. The van der Waals surface area contributed by atoms with Crippen molar-refractivity contribution in [2.75, 3.05) is 16.8 Å². The fraction of sp³-hybridized carbons (Fsp3) is 0.438. The van der Waals surface area contributed by atoms with E-state index in [4.69, 9.17) is 23.2 Å². The number of aromatic nitrogens is 2. The van der Waals surface area contributed by atoms with E-state index < -0.39 is 18.0 Å². The summed E-state index contributed by atoms with van der Waals surface area (Å²) >= 11 is 9.16. The van der Waals surface area contributed by atoms with Gasteiger partial charge in [-0.05, 0) is 12.0 Å². The van der Waals surface area contributed by atoms with Gasteiger partial charge in [0.25, 0.3) is 5.91 Å². The van der Waals surface area contributed by atoms with Gasteiger partial charge in [0.1, 0.15) is 17.1 Å². The number of aliphatic carboxylic acids is 1. The number of thioether (sulfide) groups is 2. The number of carboxylic acids is 1. The van der Waals surface area contributed by atoms with Gasteiger partial charge < -0.3 is 16.2 Å². The number of fused-ring (bicyclic) bond motifs is 1. The minimum absolute atomic E-state index is 0.0217. The molecule has 3 heterocycles. The summed E-state index contributed by atoms with van der Waals surface area (Å²) in [5.41, 5.74) is 5.62. The maximum atomic E-state index is 12.7. The highest BCUT2D eigenvalue weighted by atomic mass is 32.2. The third-order valence-electron chi connectivity index (χ3n) is 4.85. The Kier molecular flexibility index (Phi) is 6.06. The van der Waals surface area contributed by atoms with Gasteiger partial charge in [-0.3, -0.25) is 15.0 Å². The van der Waals surface area contributed by atoms with Gasteiger partial charge in [0.15, 0.2) is 4.34 Å². The monoisotopic (exact) mass is 497 g/mol. The maximum absolute atomic E-state index is 12.7. The largest absolute Gasteiger partial charge is 0.477 e. The summed E-state index contributed by atoms with van der Waals surface area (Å²) in [6, 6.07) is 0.822. The van der Waals surface area contributed by atoms with Crippen LogP contribution in [0.4, 0.5) is 9.93 Å². The van der Waals surface area contributed by atoms with E-state index in [9.17, 15) is 19.5 Å². The molecule has 0 spiro atoms. The zero-order chi connectivity index (χ0) is 22.3. The molecule has 0 aromatic carbocycles. The van der Waals surface area contributed by atoms with Crippen LogP contribution in [0.1, 0.15) is 6.42 Å². The molecule has 1 aliphatic carbocycles. The summed E-state index contributed by atoms with van der Waals surface area (Å²) in [5, 5.41) is 31.6. The molecular formula is C16H15N7O4S4. The highest BCUT2D eigenvalue weighted by Crippen LogP contribution is 2.43. The molecule has 3 amide bonds. The lowest BCUT2D eigenvalue weighted by molar-refractivity contribution is -0.148. The Morgan fingerprint density at radius 2 is 2.23 bits per heavy atom. The van der Waals surface area contributed by atoms with Crippen LogP contribution in [0.3, 0.4) is 0 Å². The van der Waals surface area contributed by atoms with Crippen molar-refractivity contribution in [1.82, 2.24) is 20.4 Å². The Morgan fingerprint density at radius 3 is 2.87 bits per heavy atom. The lowest BCUT2D eigenvalue weighted by Crippen LogP contribution is -2.70. The van der Waals surface area contributed by atoms with Crippen LogP contribution < -0.4 is 16.4 Å². The van der Waals surface area contributed by atoms with Crippen molar-refractivity contribution < 1.29 is 19.5 Å². The summed E-state index contributed by atoms with van der Waals surface area (Å²) in [7, 11) is 0. The number of urea groups is 1. The number of β-lactam (4-membered cyclic amide) rings is 1. The Balaban J connectivity index is 1.42. The molecule has 162 valence electrons. The lowest BCUT2D eigenvalue weighted by atomic mass is 10.0. The van der Waals surface area contributed by atoms with Crippen LogP contribution in [0, 0.1) is 23.2 Å². The van der Waals surface area contributed by atoms with Crippen molar-refractivity contribution in [1.29, 1.82) is 5.26 Å². The number of carbonyl (C=O) groups is 3. The second-order valence-electron chi connectivity index (χ2n) is 6.88. The van der Waals surface area contributed by atoms with Gasteiger partial charge >= 0.3 is 12.0 Å². The Bertz CT molecular complexity index is 1050. The van der Waals surface area contributed by atoms with Crippen LogP contribution in [0.15, 0.2) is 15.6 Å². The first kappa shape index (κ1) is 21.8. The van der Waals surface area contributed by atoms with E-state index in [0.717, 1.165) is 11.3 Å². The molecule has 2 aliphatic heterocycles. The summed E-state index contributed by atoms with van der Waals surface area (Å²) in [6.07, 6.45) is 0.689. The van der Waals surface area contributed by atoms with Gasteiger partial charge in [0.05, 0.1) is 17.0 Å². The van der Waals surface area contributed by atoms with Crippen molar-refractivity contribution >= 4 is 75.1 Å². The minimum Gasteiger partial charge on any atom is -0.477 e. The van der Waals surface area contributed by atoms with Gasteiger partial charge in [-0.1, -0.05) is 35.3 Å². The highest BCUT2D eigenvalue weighted by molar-refractivity contribution is 8.02. The first-order valence-corrected chi connectivity index (χ1v) is 12.2. The van der Waals surface area contributed by atoms with Crippen molar-refractivity contribution in [3.05, 3.63) is 11.3 Å². The average Bonchev–Trinajstić information content (AvgIpc) is 3.40. The van der Waals surface area contributed by atoms with E-state index in [2.05, 4.69) is 26.9 Å². The number of hydrogen-bond acceptors (Lipinski definition) is 10. The van der Waals surface area contributed by atoms with Gasteiger partial charge in [-0.15, -0.1) is 22.0 Å². The topological polar surface area (TPSA) is 174 Å². The minimum atomic E-state index is -1.17. The summed E-state index contributed by atoms with van der Waals surface area (Å²) in [4.78, 5) is 37.3. The number of carboxylic acid groups (broad SMARTS) is 1. The second kappa shape index (κ2) is 8.61. The molecule has 1 saturated heterocycles. The van der Waals surface area contributed by atoms with Crippen LogP contribution in [0.2, 0.25) is 0 Å². The summed E-state index contributed by atoms with van der Waals surface area (Å²) in [6.45, 7) is 0. The molecule has 1 aromatic heterocycles. The fourth-order valence-corrected chi connectivity index (χ4v) is 6.88. The number of primary amides is 1. The Hall–Kier alpha value is -2.41. The van der Waals surface area contributed by atoms with Crippen LogP contribution in [-0.2, 0) is 9.59 Å². The van der Waals surface area contributed by atoms with E-state index in [1.54, 1.807) is 0 Å². The molecule has 0 radical (unpaired) electrons. The second-order valence-corrected chi connectivity index (χ2v) is 10.6. The predicted octanol–water partition coefficient (Wildman–Crippen LogP) is 0.820. The average molecular weight is 498 g/mol. The number of amides is 3. The number of nitrogens with one attached hydrogen (secondary N) is 2. The van der Waals surface area contributed by atoms with E-state index >= 15 is 0 Å². The van der Waals surface area contributed by atoms with Crippen molar-refractivity contribution in [3.8, 4) is 6.07 Å². The molecular weight excluding hydrogens is 482 g/mol. The maximum Gasteiger partial charge on any atom is 0.352 e. The zero-order valence-electron chi connectivity index (χ0n) is 15.6. The van der Waals surface area contributed by atoms with Gasteiger partial charge in [0.2, 0.25) is 5.13 Å². The Morgan fingerprint density at radius 1 is 1.45 bits per heavy atom. The molecule has 4 rings (SSSR count). The number of nitrogens with two attached hydrogens (primary N) is 1. The highest BCUT2D eigenvalue weighted by Gasteiger charge is 2.55. The van der Waals surface area contributed by atoms with Crippen molar-refractivity contribution in [3.63, 3.8) is 0 Å². The first-order chi connectivity index (χ1) is 14.8. The normalized spacial score (nSPS) is 26.4. The molecule has 1 aromatic rings. The van der Waals surface area contributed by atoms with Gasteiger partial charge in [-0.25, -0.2) is 9.59 Å². The Labute approximate surface area is 193 Å². The molecule has 11 nitrogen and oxygen atoms in total. The summed E-state index contributed by atoms with van der Waals surface area (Å²) in [5.74, 6) is -0.921. The fourth-order valence-electron chi connectivity index (χ4n) is 3.25. The molecule has 1 saturated carbocycles. The number of nitriles is 1. The quantitative estimate of drug-likeness (QED) is 0.182. The number of hydrogen-bond donors (Lipinski definition) is 4. The van der Waals surface area contributed by atoms with E-state index in [1.807, 2.05) is 0 Å². The van der Waals surface area contributed by atoms with Crippen molar-refractivity contribution in [2.24, 2.45) is 17.6 Å². The number of thiocarbonyl (C=S) groups is 1. The van der Waals surface area contributed by atoms with Crippen LogP contribution in [0.5, 0.6) is 0 Å². The van der Waals surface area contributed by atoms with Crippen LogP contribution in [0.25, 0.3) is 0 Å².